The van der Waals surface area contributed by atoms with E-state index in [1.165, 1.54) is 24.3 Å². The van der Waals surface area contributed by atoms with Gasteiger partial charge in [0.1, 0.15) is 0 Å². The summed E-state index contributed by atoms with van der Waals surface area (Å²) in [7, 11) is -3.52. The minimum absolute atomic E-state index is 0.218. The minimum atomic E-state index is -3.52. The quantitative estimate of drug-likeness (QED) is 0.774. The topological polar surface area (TPSA) is 66.5 Å². The van der Waals surface area contributed by atoms with Gasteiger partial charge in [0.2, 0.25) is 10.0 Å². The van der Waals surface area contributed by atoms with Crippen molar-refractivity contribution < 1.29 is 13.2 Å². The Kier molecular flexibility index (Phi) is 6.43. The van der Waals surface area contributed by atoms with Crippen LogP contribution in [0.4, 0.5) is 5.69 Å². The molecule has 2 aromatic rings. The molecule has 1 heterocycles. The number of aryl methyl sites for hydroxylation is 2. The third-order valence-corrected chi connectivity index (χ3v) is 7.20. The molecule has 7 heteroatoms. The van der Waals surface area contributed by atoms with Crippen molar-refractivity contribution in [1.29, 1.82) is 0 Å². The number of carbonyl (C=O) groups excluding carboxylic acids is 1. The Labute approximate surface area is 171 Å². The summed E-state index contributed by atoms with van der Waals surface area (Å²) < 4.78 is 27.2. The molecule has 0 aliphatic carbocycles. The molecule has 1 fully saturated rings. The van der Waals surface area contributed by atoms with Gasteiger partial charge in [-0.15, -0.1) is 0 Å². The summed E-state index contributed by atoms with van der Waals surface area (Å²) in [6.07, 6.45) is 3.89. The van der Waals surface area contributed by atoms with Crippen LogP contribution in [0.2, 0.25) is 5.02 Å². The van der Waals surface area contributed by atoms with Crippen LogP contribution in [0.15, 0.2) is 41.3 Å². The lowest BCUT2D eigenvalue weighted by Gasteiger charge is -2.20. The fraction of sp³-hybridized carbons (Fsp3) is 0.381. The van der Waals surface area contributed by atoms with Gasteiger partial charge in [0.05, 0.1) is 15.6 Å². The maximum Gasteiger partial charge on any atom is 0.255 e. The van der Waals surface area contributed by atoms with Crippen LogP contribution in [0.25, 0.3) is 0 Å². The van der Waals surface area contributed by atoms with Gasteiger partial charge in [-0.3, -0.25) is 4.79 Å². The number of anilines is 1. The molecule has 2 aromatic carbocycles. The SMILES string of the molecule is Cc1cc(C)c(NC(=O)c2ccc(S(=O)(=O)N3CCCCCC3)cc2)c(Cl)c1. The first kappa shape index (κ1) is 20.8. The summed E-state index contributed by atoms with van der Waals surface area (Å²) in [6.45, 7) is 4.92. The number of sulfonamides is 1. The lowest BCUT2D eigenvalue weighted by Crippen LogP contribution is -2.31. The summed E-state index contributed by atoms with van der Waals surface area (Å²) in [6, 6.07) is 9.81. The zero-order chi connectivity index (χ0) is 20.3. The largest absolute Gasteiger partial charge is 0.320 e. The third kappa shape index (κ3) is 4.57. The van der Waals surface area contributed by atoms with Crippen LogP contribution >= 0.6 is 11.6 Å². The number of nitrogens with one attached hydrogen (secondary N) is 1. The molecular formula is C21H25ClN2O3S. The second-order valence-electron chi connectivity index (χ2n) is 7.24. The van der Waals surface area contributed by atoms with Gasteiger partial charge in [0.15, 0.2) is 0 Å². The Morgan fingerprint density at radius 2 is 1.61 bits per heavy atom. The number of benzene rings is 2. The fourth-order valence-corrected chi connectivity index (χ4v) is 5.35. The Balaban J connectivity index is 1.78. The highest BCUT2D eigenvalue weighted by Gasteiger charge is 2.25. The van der Waals surface area contributed by atoms with Gasteiger partial charge >= 0.3 is 0 Å². The van der Waals surface area contributed by atoms with Gasteiger partial charge in [0.25, 0.3) is 5.91 Å². The molecule has 0 aromatic heterocycles. The average Bonchev–Trinajstić information content (AvgIpc) is 2.94. The van der Waals surface area contributed by atoms with E-state index >= 15 is 0 Å². The van der Waals surface area contributed by atoms with Crippen LogP contribution in [0.5, 0.6) is 0 Å². The van der Waals surface area contributed by atoms with Crippen molar-refractivity contribution in [1.82, 2.24) is 4.31 Å². The number of hydrogen-bond donors (Lipinski definition) is 1. The highest BCUT2D eigenvalue weighted by atomic mass is 35.5. The standard InChI is InChI=1S/C21H25ClN2O3S/c1-15-13-16(2)20(19(22)14-15)23-21(25)17-7-9-18(10-8-17)28(26,27)24-11-5-3-4-6-12-24/h7-10,13-14H,3-6,11-12H2,1-2H3,(H,23,25). The molecule has 0 spiro atoms. The van der Waals surface area contributed by atoms with E-state index in [1.54, 1.807) is 10.4 Å². The molecule has 1 aliphatic rings. The molecular weight excluding hydrogens is 396 g/mol. The lowest BCUT2D eigenvalue weighted by molar-refractivity contribution is 0.102. The van der Waals surface area contributed by atoms with Crippen molar-refractivity contribution >= 4 is 33.2 Å². The van der Waals surface area contributed by atoms with Gasteiger partial charge in [-0.1, -0.05) is 30.5 Å². The van der Waals surface area contributed by atoms with Crippen molar-refractivity contribution in [3.63, 3.8) is 0 Å². The summed E-state index contributed by atoms with van der Waals surface area (Å²) in [5.41, 5.74) is 2.84. The van der Waals surface area contributed by atoms with Crippen LogP contribution in [0.1, 0.15) is 47.2 Å². The van der Waals surface area contributed by atoms with E-state index in [4.69, 9.17) is 11.6 Å². The predicted molar refractivity (Wildman–Crippen MR) is 113 cm³/mol. The number of amides is 1. The fourth-order valence-electron chi connectivity index (χ4n) is 3.47. The normalized spacial score (nSPS) is 15.8. The molecule has 3 rings (SSSR count). The average molecular weight is 421 g/mol. The van der Waals surface area contributed by atoms with E-state index < -0.39 is 10.0 Å². The van der Waals surface area contributed by atoms with Gasteiger partial charge in [-0.25, -0.2) is 8.42 Å². The molecule has 0 radical (unpaired) electrons. The third-order valence-electron chi connectivity index (χ3n) is 4.99. The summed E-state index contributed by atoms with van der Waals surface area (Å²) >= 11 is 6.25. The maximum absolute atomic E-state index is 12.8. The Hall–Kier alpha value is -1.89. The van der Waals surface area contributed by atoms with E-state index in [2.05, 4.69) is 5.32 Å². The highest BCUT2D eigenvalue weighted by Crippen LogP contribution is 2.28. The zero-order valence-electron chi connectivity index (χ0n) is 16.2. The highest BCUT2D eigenvalue weighted by molar-refractivity contribution is 7.89. The molecule has 1 N–H and O–H groups in total. The molecule has 1 saturated heterocycles. The van der Waals surface area contributed by atoms with Crippen molar-refractivity contribution in [2.45, 2.75) is 44.4 Å². The second kappa shape index (κ2) is 8.64. The van der Waals surface area contributed by atoms with Gasteiger partial charge in [-0.2, -0.15) is 4.31 Å². The number of nitrogens with zero attached hydrogens (tertiary/aromatic N) is 1. The molecule has 28 heavy (non-hydrogen) atoms. The van der Waals surface area contributed by atoms with Crippen molar-refractivity contribution in [3.8, 4) is 0 Å². The monoisotopic (exact) mass is 420 g/mol. The summed E-state index contributed by atoms with van der Waals surface area (Å²) in [5.74, 6) is -0.326. The molecule has 0 saturated carbocycles. The molecule has 0 bridgehead atoms. The second-order valence-corrected chi connectivity index (χ2v) is 9.58. The smallest absolute Gasteiger partial charge is 0.255 e. The van der Waals surface area contributed by atoms with Gasteiger partial charge < -0.3 is 5.32 Å². The molecule has 1 aliphatic heterocycles. The predicted octanol–water partition coefficient (Wildman–Crippen LogP) is 4.77. The minimum Gasteiger partial charge on any atom is -0.320 e. The van der Waals surface area contributed by atoms with Crippen LogP contribution in [-0.2, 0) is 10.0 Å². The van der Waals surface area contributed by atoms with E-state index in [9.17, 15) is 13.2 Å². The van der Waals surface area contributed by atoms with Gasteiger partial charge in [0, 0.05) is 18.7 Å². The van der Waals surface area contributed by atoms with Gasteiger partial charge in [-0.05, 0) is 68.1 Å². The first-order chi connectivity index (χ1) is 13.3. The number of halogens is 1. The Bertz CT molecular complexity index is 941. The molecule has 0 atom stereocenters. The zero-order valence-corrected chi connectivity index (χ0v) is 17.7. The van der Waals surface area contributed by atoms with E-state index in [0.717, 1.165) is 36.8 Å². The molecule has 150 valence electrons. The Morgan fingerprint density at radius 3 is 2.18 bits per heavy atom. The van der Waals surface area contributed by atoms with Crippen LogP contribution in [-0.4, -0.2) is 31.7 Å². The first-order valence-electron chi connectivity index (χ1n) is 9.47. The Morgan fingerprint density at radius 1 is 1.00 bits per heavy atom. The van der Waals surface area contributed by atoms with Crippen LogP contribution in [0.3, 0.4) is 0 Å². The number of hydrogen-bond acceptors (Lipinski definition) is 3. The van der Waals surface area contributed by atoms with Crippen LogP contribution in [0, 0.1) is 13.8 Å². The van der Waals surface area contributed by atoms with E-state index in [1.807, 2.05) is 19.9 Å². The van der Waals surface area contributed by atoms with E-state index in [0.29, 0.717) is 29.4 Å². The molecule has 1 amide bonds. The molecule has 5 nitrogen and oxygen atoms in total. The van der Waals surface area contributed by atoms with Crippen LogP contribution < -0.4 is 5.32 Å². The van der Waals surface area contributed by atoms with Crippen molar-refractivity contribution in [3.05, 3.63) is 58.1 Å². The van der Waals surface area contributed by atoms with E-state index in [-0.39, 0.29) is 10.8 Å². The van der Waals surface area contributed by atoms with Crippen molar-refractivity contribution in [2.24, 2.45) is 0 Å². The first-order valence-corrected chi connectivity index (χ1v) is 11.3. The summed E-state index contributed by atoms with van der Waals surface area (Å²) in [5, 5.41) is 3.30. The summed E-state index contributed by atoms with van der Waals surface area (Å²) in [4.78, 5) is 12.8. The lowest BCUT2D eigenvalue weighted by atomic mass is 10.1. The number of rotatable bonds is 4. The molecule has 0 unspecified atom stereocenters. The maximum atomic E-state index is 12.8. The van der Waals surface area contributed by atoms with Crippen molar-refractivity contribution in [2.75, 3.05) is 18.4 Å². The number of carbonyl (C=O) groups is 1.